The molecule has 0 bridgehead atoms. The maximum absolute atomic E-state index is 10.00. The van der Waals surface area contributed by atoms with E-state index in [2.05, 4.69) is 17.2 Å². The van der Waals surface area contributed by atoms with Crippen LogP contribution in [0.25, 0.3) is 0 Å². The summed E-state index contributed by atoms with van der Waals surface area (Å²) in [6.45, 7) is 5.43. The van der Waals surface area contributed by atoms with Crippen molar-refractivity contribution in [2.45, 2.75) is 65.5 Å². The van der Waals surface area contributed by atoms with E-state index in [0.717, 1.165) is 18.5 Å². The highest BCUT2D eigenvalue weighted by Crippen LogP contribution is 2.23. The Labute approximate surface area is 122 Å². The Morgan fingerprint density at radius 2 is 1.85 bits per heavy atom. The lowest BCUT2D eigenvalue weighted by atomic mass is 10.1. The Bertz CT molecular complexity index is 394. The number of unbranched alkanes of at least 4 members (excludes halogenated alkanes) is 5. The molecule has 114 valence electrons. The van der Waals surface area contributed by atoms with Gasteiger partial charge in [-0.1, -0.05) is 39.0 Å². The zero-order valence-electron chi connectivity index (χ0n) is 12.8. The van der Waals surface area contributed by atoms with Gasteiger partial charge in [0.05, 0.1) is 12.3 Å². The molecule has 0 aliphatic rings. The van der Waals surface area contributed by atoms with Crippen LogP contribution in [0.1, 0.15) is 62.3 Å². The number of aromatic hydroxyl groups is 1. The molecule has 1 heterocycles. The summed E-state index contributed by atoms with van der Waals surface area (Å²) in [6.07, 6.45) is 9.29. The minimum absolute atomic E-state index is 0.0884. The Kier molecular flexibility index (Phi) is 8.23. The molecule has 0 saturated heterocycles. The predicted octanol–water partition coefficient (Wildman–Crippen LogP) is 3.04. The molecule has 0 atom stereocenters. The number of hydrogen-bond acceptors (Lipinski definition) is 4. The van der Waals surface area contributed by atoms with Gasteiger partial charge in [-0.2, -0.15) is 0 Å². The van der Waals surface area contributed by atoms with Crippen LogP contribution in [0.4, 0.5) is 0 Å². The molecular formula is C16H28N2O2. The fraction of sp³-hybridized carbons (Fsp3) is 0.688. The van der Waals surface area contributed by atoms with Crippen molar-refractivity contribution in [3.8, 4) is 5.75 Å². The molecule has 0 spiro atoms. The summed E-state index contributed by atoms with van der Waals surface area (Å²) in [7, 11) is 0. The summed E-state index contributed by atoms with van der Waals surface area (Å²) in [5.41, 5.74) is 2.08. The topological polar surface area (TPSA) is 65.4 Å². The zero-order chi connectivity index (χ0) is 14.8. The summed E-state index contributed by atoms with van der Waals surface area (Å²) in [6, 6.07) is 0. The van der Waals surface area contributed by atoms with Crippen molar-refractivity contribution in [3.63, 3.8) is 0 Å². The molecule has 0 saturated carbocycles. The fourth-order valence-electron chi connectivity index (χ4n) is 2.26. The average molecular weight is 280 g/mol. The van der Waals surface area contributed by atoms with Crippen LogP contribution in [0, 0.1) is 6.92 Å². The van der Waals surface area contributed by atoms with Gasteiger partial charge in [0.2, 0.25) is 0 Å². The van der Waals surface area contributed by atoms with Crippen molar-refractivity contribution in [2.75, 3.05) is 6.54 Å². The summed E-state index contributed by atoms with van der Waals surface area (Å²) in [5.74, 6) is 0.201. The molecule has 1 aromatic rings. The number of aliphatic hydroxyl groups excluding tert-OH is 1. The van der Waals surface area contributed by atoms with Gasteiger partial charge in [-0.15, -0.1) is 0 Å². The number of pyridine rings is 1. The molecule has 0 amide bonds. The molecule has 0 aliphatic heterocycles. The maximum atomic E-state index is 10.00. The number of rotatable bonds is 10. The third kappa shape index (κ3) is 5.47. The quantitative estimate of drug-likeness (QED) is 0.576. The van der Waals surface area contributed by atoms with E-state index in [9.17, 15) is 10.2 Å². The Morgan fingerprint density at radius 1 is 1.15 bits per heavy atom. The van der Waals surface area contributed by atoms with Gasteiger partial charge in [-0.3, -0.25) is 4.98 Å². The Balaban J connectivity index is 2.30. The molecule has 0 unspecified atom stereocenters. The van der Waals surface area contributed by atoms with Crippen LogP contribution in [0.5, 0.6) is 5.75 Å². The second-order valence-corrected chi connectivity index (χ2v) is 5.30. The Morgan fingerprint density at radius 3 is 2.55 bits per heavy atom. The molecule has 20 heavy (non-hydrogen) atoms. The predicted molar refractivity (Wildman–Crippen MR) is 81.6 cm³/mol. The van der Waals surface area contributed by atoms with E-state index < -0.39 is 0 Å². The highest BCUT2D eigenvalue weighted by molar-refractivity contribution is 5.40. The number of nitrogens with one attached hydrogen (secondary N) is 1. The summed E-state index contributed by atoms with van der Waals surface area (Å²) < 4.78 is 0. The Hall–Kier alpha value is -1.13. The van der Waals surface area contributed by atoms with Gasteiger partial charge in [0, 0.05) is 23.9 Å². The van der Waals surface area contributed by atoms with Crippen molar-refractivity contribution in [1.29, 1.82) is 0 Å². The summed E-state index contributed by atoms with van der Waals surface area (Å²) in [4.78, 5) is 4.06. The van der Waals surface area contributed by atoms with Gasteiger partial charge in [-0.25, -0.2) is 0 Å². The van der Waals surface area contributed by atoms with Crippen LogP contribution in [0.15, 0.2) is 6.20 Å². The van der Waals surface area contributed by atoms with E-state index in [0.29, 0.717) is 17.8 Å². The molecule has 0 aliphatic carbocycles. The van der Waals surface area contributed by atoms with E-state index in [1.165, 1.54) is 32.1 Å². The van der Waals surface area contributed by atoms with Crippen LogP contribution in [-0.2, 0) is 13.2 Å². The van der Waals surface area contributed by atoms with Crippen LogP contribution < -0.4 is 5.32 Å². The van der Waals surface area contributed by atoms with E-state index in [-0.39, 0.29) is 12.4 Å². The third-order valence-electron chi connectivity index (χ3n) is 3.61. The van der Waals surface area contributed by atoms with E-state index >= 15 is 0 Å². The van der Waals surface area contributed by atoms with Crippen molar-refractivity contribution < 1.29 is 10.2 Å². The van der Waals surface area contributed by atoms with Crippen LogP contribution in [0.3, 0.4) is 0 Å². The van der Waals surface area contributed by atoms with Crippen molar-refractivity contribution >= 4 is 0 Å². The maximum Gasteiger partial charge on any atom is 0.141 e. The van der Waals surface area contributed by atoms with E-state index in [1.54, 1.807) is 13.1 Å². The first-order chi connectivity index (χ1) is 9.70. The van der Waals surface area contributed by atoms with Gasteiger partial charge >= 0.3 is 0 Å². The number of nitrogens with zero attached hydrogens (tertiary/aromatic N) is 1. The molecule has 0 aromatic carbocycles. The first-order valence-corrected chi connectivity index (χ1v) is 7.68. The molecule has 0 radical (unpaired) electrons. The van der Waals surface area contributed by atoms with Crippen molar-refractivity contribution in [3.05, 3.63) is 23.0 Å². The fourth-order valence-corrected chi connectivity index (χ4v) is 2.26. The minimum Gasteiger partial charge on any atom is -0.506 e. The molecule has 1 rings (SSSR count). The minimum atomic E-state index is -0.0884. The second-order valence-electron chi connectivity index (χ2n) is 5.30. The molecular weight excluding hydrogens is 252 g/mol. The highest BCUT2D eigenvalue weighted by atomic mass is 16.3. The first-order valence-electron chi connectivity index (χ1n) is 7.68. The van der Waals surface area contributed by atoms with Gasteiger partial charge in [0.25, 0.3) is 0 Å². The smallest absolute Gasteiger partial charge is 0.141 e. The van der Waals surface area contributed by atoms with Gasteiger partial charge < -0.3 is 15.5 Å². The van der Waals surface area contributed by atoms with Crippen molar-refractivity contribution in [2.24, 2.45) is 0 Å². The van der Waals surface area contributed by atoms with Crippen LogP contribution in [0.2, 0.25) is 0 Å². The monoisotopic (exact) mass is 280 g/mol. The average Bonchev–Trinajstić information content (AvgIpc) is 2.46. The van der Waals surface area contributed by atoms with Crippen LogP contribution >= 0.6 is 0 Å². The van der Waals surface area contributed by atoms with Gasteiger partial charge in [-0.05, 0) is 19.9 Å². The second kappa shape index (κ2) is 9.72. The van der Waals surface area contributed by atoms with E-state index in [1.807, 2.05) is 0 Å². The SMILES string of the molecule is CCCCCCCCNCc1c(CO)cnc(C)c1O. The molecule has 3 N–H and O–H groups in total. The summed E-state index contributed by atoms with van der Waals surface area (Å²) >= 11 is 0. The van der Waals surface area contributed by atoms with E-state index in [4.69, 9.17) is 0 Å². The van der Waals surface area contributed by atoms with Gasteiger partial charge in [0.1, 0.15) is 5.75 Å². The lowest BCUT2D eigenvalue weighted by molar-refractivity contribution is 0.278. The lowest BCUT2D eigenvalue weighted by Gasteiger charge is -2.12. The molecule has 4 nitrogen and oxygen atoms in total. The van der Waals surface area contributed by atoms with Crippen LogP contribution in [-0.4, -0.2) is 21.7 Å². The number of hydrogen-bond donors (Lipinski definition) is 3. The number of aryl methyl sites for hydroxylation is 1. The number of aromatic nitrogens is 1. The first kappa shape index (κ1) is 16.9. The lowest BCUT2D eigenvalue weighted by Crippen LogP contribution is -2.16. The molecule has 4 heteroatoms. The zero-order valence-corrected chi connectivity index (χ0v) is 12.8. The molecule has 1 aromatic heterocycles. The highest BCUT2D eigenvalue weighted by Gasteiger charge is 2.10. The third-order valence-corrected chi connectivity index (χ3v) is 3.61. The normalized spacial score (nSPS) is 10.9. The number of aliphatic hydroxyl groups is 1. The largest absolute Gasteiger partial charge is 0.506 e. The molecule has 0 fully saturated rings. The van der Waals surface area contributed by atoms with Crippen molar-refractivity contribution in [1.82, 2.24) is 10.3 Å². The standard InChI is InChI=1S/C16H28N2O2/c1-3-4-5-6-7-8-9-17-11-15-14(12-19)10-18-13(2)16(15)20/h10,17,19-20H,3-9,11-12H2,1-2H3. The summed E-state index contributed by atoms with van der Waals surface area (Å²) in [5, 5.41) is 22.6. The van der Waals surface area contributed by atoms with Gasteiger partial charge in [0.15, 0.2) is 0 Å².